The molecule has 0 amide bonds. The molecule has 0 heterocycles. The first kappa shape index (κ1) is 16.9. The van der Waals surface area contributed by atoms with E-state index in [0.717, 1.165) is 23.5 Å². The van der Waals surface area contributed by atoms with Crippen LogP contribution < -0.4 is 10.6 Å². The van der Waals surface area contributed by atoms with E-state index in [1.54, 1.807) is 0 Å². The molecule has 0 unspecified atom stereocenters. The van der Waals surface area contributed by atoms with Crippen LogP contribution in [0.15, 0.2) is 48.5 Å². The maximum atomic E-state index is 12.6. The molecule has 0 spiro atoms. The van der Waals surface area contributed by atoms with Crippen molar-refractivity contribution in [2.75, 3.05) is 0 Å². The van der Waals surface area contributed by atoms with Crippen LogP contribution in [0.4, 0.5) is 0 Å². The Hall–Kier alpha value is -1.46. The van der Waals surface area contributed by atoms with Gasteiger partial charge in [0.15, 0.2) is 0 Å². The molecule has 1 radical (unpaired) electrons. The summed E-state index contributed by atoms with van der Waals surface area (Å²) in [6.45, 7) is 4.41. The van der Waals surface area contributed by atoms with Gasteiger partial charge in [0, 0.05) is 10.6 Å². The first-order chi connectivity index (χ1) is 10.7. The third kappa shape index (κ3) is 4.78. The minimum Gasteiger partial charge on any atom is -0.277 e. The quantitative estimate of drug-likeness (QED) is 0.616. The van der Waals surface area contributed by atoms with Gasteiger partial charge >= 0.3 is 0 Å². The van der Waals surface area contributed by atoms with Crippen molar-refractivity contribution < 1.29 is 4.57 Å². The molecular weight excluding hydrogens is 287 g/mol. The Labute approximate surface area is 135 Å². The predicted octanol–water partition coefficient (Wildman–Crippen LogP) is 5.15. The minimum atomic E-state index is -1.47. The van der Waals surface area contributed by atoms with Crippen LogP contribution in [-0.4, -0.2) is 0 Å². The summed E-state index contributed by atoms with van der Waals surface area (Å²) in [5.74, 6) is 0. The molecular formula is C20H26OP. The van der Waals surface area contributed by atoms with Gasteiger partial charge in [0.1, 0.15) is 7.80 Å². The Bertz CT molecular complexity index is 531. The summed E-state index contributed by atoms with van der Waals surface area (Å²) < 4.78 is 12.6. The highest BCUT2D eigenvalue weighted by Crippen LogP contribution is 2.20. The van der Waals surface area contributed by atoms with Gasteiger partial charge in [0.25, 0.3) is 0 Å². The van der Waals surface area contributed by atoms with E-state index < -0.39 is 7.80 Å². The fourth-order valence-electron chi connectivity index (χ4n) is 2.51. The molecule has 2 aromatic carbocycles. The van der Waals surface area contributed by atoms with Crippen LogP contribution in [-0.2, 0) is 17.4 Å². The zero-order valence-electron chi connectivity index (χ0n) is 13.7. The normalized spacial score (nSPS) is 10.6. The molecule has 0 aromatic heterocycles. The summed E-state index contributed by atoms with van der Waals surface area (Å²) >= 11 is 0. The molecule has 0 aliphatic heterocycles. The molecule has 0 N–H and O–H groups in total. The predicted molar refractivity (Wildman–Crippen MR) is 97.0 cm³/mol. The maximum Gasteiger partial charge on any atom is 0.136 e. The van der Waals surface area contributed by atoms with Crippen molar-refractivity contribution in [1.29, 1.82) is 0 Å². The molecule has 0 bridgehead atoms. The van der Waals surface area contributed by atoms with Crippen molar-refractivity contribution in [3.63, 3.8) is 0 Å². The highest BCUT2D eigenvalue weighted by molar-refractivity contribution is 7.61. The molecule has 0 saturated carbocycles. The SMILES string of the molecule is CCCCc1ccc([P](=O)c2ccc(CCCC)cc2)cc1. The molecule has 0 saturated heterocycles. The molecule has 2 aromatic rings. The van der Waals surface area contributed by atoms with Gasteiger partial charge in [-0.1, -0.05) is 51.0 Å². The van der Waals surface area contributed by atoms with Gasteiger partial charge in [0.05, 0.1) is 0 Å². The second-order valence-electron chi connectivity index (χ2n) is 5.83. The first-order valence-electron chi connectivity index (χ1n) is 8.39. The zero-order chi connectivity index (χ0) is 15.8. The monoisotopic (exact) mass is 313 g/mol. The van der Waals surface area contributed by atoms with Crippen LogP contribution >= 0.6 is 7.80 Å². The molecule has 0 fully saturated rings. The van der Waals surface area contributed by atoms with Crippen molar-refractivity contribution in [3.05, 3.63) is 59.7 Å². The number of hydrogen-bond acceptors (Lipinski definition) is 1. The van der Waals surface area contributed by atoms with Gasteiger partial charge in [-0.05, 0) is 61.1 Å². The Balaban J connectivity index is 2.04. The number of hydrogen-bond donors (Lipinski definition) is 0. The molecule has 22 heavy (non-hydrogen) atoms. The Morgan fingerprint density at radius 2 is 1.05 bits per heavy atom. The van der Waals surface area contributed by atoms with Crippen molar-refractivity contribution in [2.45, 2.75) is 52.4 Å². The van der Waals surface area contributed by atoms with Crippen LogP contribution in [0.3, 0.4) is 0 Å². The van der Waals surface area contributed by atoms with Crippen molar-refractivity contribution in [2.24, 2.45) is 0 Å². The molecule has 2 rings (SSSR count). The van der Waals surface area contributed by atoms with E-state index in [9.17, 15) is 4.57 Å². The van der Waals surface area contributed by atoms with Crippen molar-refractivity contribution in [3.8, 4) is 0 Å². The fraction of sp³-hybridized carbons (Fsp3) is 0.400. The van der Waals surface area contributed by atoms with Crippen LogP contribution in [0.5, 0.6) is 0 Å². The standard InChI is InChI=1S/C20H26OP/c1-3-5-7-17-9-13-19(14-10-17)22(21)20-15-11-18(12-16-20)8-6-4-2/h9-16H,3-8H2,1-2H3. The Morgan fingerprint density at radius 3 is 1.36 bits per heavy atom. The summed E-state index contributed by atoms with van der Waals surface area (Å²) in [4.78, 5) is 0. The van der Waals surface area contributed by atoms with Crippen LogP contribution in [0, 0.1) is 0 Å². The van der Waals surface area contributed by atoms with Gasteiger partial charge in [-0.15, -0.1) is 0 Å². The van der Waals surface area contributed by atoms with Gasteiger partial charge in [-0.2, -0.15) is 0 Å². The average Bonchev–Trinajstić information content (AvgIpc) is 2.58. The summed E-state index contributed by atoms with van der Waals surface area (Å²) in [6.07, 6.45) is 7.07. The lowest BCUT2D eigenvalue weighted by atomic mass is 10.1. The van der Waals surface area contributed by atoms with Gasteiger partial charge < -0.3 is 0 Å². The summed E-state index contributed by atoms with van der Waals surface area (Å²) in [7, 11) is -1.47. The van der Waals surface area contributed by atoms with E-state index in [-0.39, 0.29) is 0 Å². The maximum absolute atomic E-state index is 12.6. The van der Waals surface area contributed by atoms with Gasteiger partial charge in [-0.25, -0.2) is 0 Å². The van der Waals surface area contributed by atoms with E-state index in [0.29, 0.717) is 0 Å². The summed E-state index contributed by atoms with van der Waals surface area (Å²) in [6, 6.07) is 16.6. The number of benzene rings is 2. The van der Waals surface area contributed by atoms with E-state index >= 15 is 0 Å². The smallest absolute Gasteiger partial charge is 0.136 e. The third-order valence-electron chi connectivity index (χ3n) is 3.98. The largest absolute Gasteiger partial charge is 0.277 e. The highest BCUT2D eigenvalue weighted by atomic mass is 31.1. The molecule has 2 heteroatoms. The zero-order valence-corrected chi connectivity index (χ0v) is 14.6. The number of rotatable bonds is 8. The van der Waals surface area contributed by atoms with E-state index in [1.165, 1.54) is 36.8 Å². The molecule has 1 nitrogen and oxygen atoms in total. The lowest BCUT2D eigenvalue weighted by molar-refractivity contribution is 0.598. The molecule has 0 aliphatic carbocycles. The van der Waals surface area contributed by atoms with E-state index in [2.05, 4.69) is 38.1 Å². The second kappa shape index (κ2) is 8.86. The van der Waals surface area contributed by atoms with Gasteiger partial charge in [-0.3, -0.25) is 4.57 Å². The lowest BCUT2D eigenvalue weighted by Gasteiger charge is -2.05. The lowest BCUT2D eigenvalue weighted by Crippen LogP contribution is -2.07. The molecule has 117 valence electrons. The van der Waals surface area contributed by atoms with Crippen LogP contribution in [0.2, 0.25) is 0 Å². The minimum absolute atomic E-state index is 0.927. The second-order valence-corrected chi connectivity index (χ2v) is 7.46. The summed E-state index contributed by atoms with van der Waals surface area (Å²) in [5, 5.41) is 1.85. The third-order valence-corrected chi connectivity index (χ3v) is 5.51. The van der Waals surface area contributed by atoms with Gasteiger partial charge in [0.2, 0.25) is 0 Å². The average molecular weight is 313 g/mol. The first-order valence-corrected chi connectivity index (χ1v) is 9.65. The topological polar surface area (TPSA) is 17.1 Å². The van der Waals surface area contributed by atoms with E-state index in [4.69, 9.17) is 0 Å². The fourth-order valence-corrected chi connectivity index (χ4v) is 3.64. The Kier molecular flexibility index (Phi) is 6.80. The van der Waals surface area contributed by atoms with Crippen LogP contribution in [0.1, 0.15) is 50.7 Å². The Morgan fingerprint density at radius 1 is 0.682 bits per heavy atom. The number of aryl methyl sites for hydroxylation is 2. The summed E-state index contributed by atoms with van der Waals surface area (Å²) in [5.41, 5.74) is 2.67. The van der Waals surface area contributed by atoms with Crippen molar-refractivity contribution >= 4 is 18.4 Å². The van der Waals surface area contributed by atoms with E-state index in [1.807, 2.05) is 24.3 Å². The number of unbranched alkanes of at least 4 members (excludes halogenated alkanes) is 2. The molecule has 0 atom stereocenters. The molecule has 0 aliphatic rings. The highest BCUT2D eigenvalue weighted by Gasteiger charge is 2.08. The van der Waals surface area contributed by atoms with Crippen molar-refractivity contribution in [1.82, 2.24) is 0 Å². The van der Waals surface area contributed by atoms with Crippen LogP contribution in [0.25, 0.3) is 0 Å².